The van der Waals surface area contributed by atoms with Gasteiger partial charge in [-0.15, -0.1) is 0 Å². The fourth-order valence-electron chi connectivity index (χ4n) is 4.39. The molecule has 1 aromatic carbocycles. The van der Waals surface area contributed by atoms with E-state index < -0.39 is 51.4 Å². The number of hydrogen-bond donors (Lipinski definition) is 1. The van der Waals surface area contributed by atoms with Crippen LogP contribution in [0.15, 0.2) is 35.9 Å². The second-order valence-electron chi connectivity index (χ2n) is 8.63. The number of aryl methyl sites for hydroxylation is 1. The summed E-state index contributed by atoms with van der Waals surface area (Å²) in [6, 6.07) is 2.66. The maximum atomic E-state index is 14.3. The van der Waals surface area contributed by atoms with Crippen molar-refractivity contribution in [2.75, 3.05) is 17.7 Å². The monoisotopic (exact) mass is 514 g/mol. The minimum Gasteiger partial charge on any atom is -0.361 e. The summed E-state index contributed by atoms with van der Waals surface area (Å²) in [7, 11) is -3.34. The molecule has 2 fully saturated rings. The van der Waals surface area contributed by atoms with Crippen LogP contribution in [0.25, 0.3) is 0 Å². The van der Waals surface area contributed by atoms with Gasteiger partial charge in [-0.25, -0.2) is 31.6 Å². The second-order valence-corrected chi connectivity index (χ2v) is 10.9. The molecule has 0 bridgehead atoms. The zero-order valence-electron chi connectivity index (χ0n) is 18.5. The average Bonchev–Trinajstić information content (AvgIpc) is 3.07. The van der Waals surface area contributed by atoms with Crippen LogP contribution in [-0.4, -0.2) is 49.1 Å². The Kier molecular flexibility index (Phi) is 6.14. The number of fused-ring (bicyclic) bond motifs is 1. The van der Waals surface area contributed by atoms with Crippen LogP contribution in [0.2, 0.25) is 5.02 Å². The van der Waals surface area contributed by atoms with Crippen LogP contribution in [0.1, 0.15) is 34.8 Å². The second kappa shape index (κ2) is 8.53. The average molecular weight is 515 g/mol. The van der Waals surface area contributed by atoms with Crippen molar-refractivity contribution < 1.29 is 26.4 Å². The molecule has 4 atom stereocenters. The maximum Gasteiger partial charge on any atom is 0.289 e. The first-order valence-electron chi connectivity index (χ1n) is 10.4. The molecule has 1 N–H and O–H groups in total. The van der Waals surface area contributed by atoms with Gasteiger partial charge < -0.3 is 10.2 Å². The number of hydrogen-bond acceptors (Lipinski definition) is 6. The number of amides is 1. The fourth-order valence-corrected chi connectivity index (χ4v) is 5.15. The Hall–Kier alpha value is -2.66. The van der Waals surface area contributed by atoms with E-state index in [-0.39, 0.29) is 23.0 Å². The first kappa shape index (κ1) is 24.5. The molecular weight excluding hydrogens is 493 g/mol. The molecule has 1 saturated heterocycles. The van der Waals surface area contributed by atoms with Gasteiger partial charge in [-0.2, -0.15) is 0 Å². The number of halogens is 4. The van der Waals surface area contributed by atoms with Gasteiger partial charge in [0.05, 0.1) is 40.5 Å². The van der Waals surface area contributed by atoms with E-state index in [1.165, 1.54) is 30.5 Å². The van der Waals surface area contributed by atoms with Gasteiger partial charge in [0.2, 0.25) is 5.82 Å². The number of carbonyl (C=O) groups excluding carboxylic acids is 1. The third-order valence-electron chi connectivity index (χ3n) is 6.07. The normalized spacial score (nSPS) is 24.2. The zero-order chi connectivity index (χ0) is 25.0. The summed E-state index contributed by atoms with van der Waals surface area (Å²) in [5, 5.41) is 3.35. The lowest BCUT2D eigenvalue weighted by atomic mass is 10.0. The molecule has 12 heteroatoms. The van der Waals surface area contributed by atoms with Gasteiger partial charge in [0.15, 0.2) is 9.84 Å². The molecule has 2 heterocycles. The topological polar surface area (TPSA) is 92.3 Å². The molecule has 1 amide bonds. The van der Waals surface area contributed by atoms with Gasteiger partial charge >= 0.3 is 0 Å². The predicted octanol–water partition coefficient (Wildman–Crippen LogP) is 3.70. The highest BCUT2D eigenvalue weighted by Crippen LogP contribution is 2.67. The van der Waals surface area contributed by atoms with E-state index in [1.54, 1.807) is 18.7 Å². The van der Waals surface area contributed by atoms with Crippen molar-refractivity contribution >= 4 is 33.0 Å². The molecule has 4 rings (SSSR count). The number of nitrogens with one attached hydrogen (secondary N) is 1. The van der Waals surface area contributed by atoms with Crippen LogP contribution in [0, 0.1) is 24.6 Å². The SMILES string of the molecule is Cc1nc(C(=O)N[C@H](C)/C=C/S(C)(=O)=O)ncc1N1C[C@H]2[C@@H]([C@@H]1c1cccc(F)c1Cl)C2(F)F. The Morgan fingerprint density at radius 1 is 1.38 bits per heavy atom. The summed E-state index contributed by atoms with van der Waals surface area (Å²) in [5.41, 5.74) is 1.08. The minimum absolute atomic E-state index is 0.0121. The lowest BCUT2D eigenvalue weighted by molar-refractivity contribution is 0.0718. The molecule has 0 radical (unpaired) electrons. The minimum atomic E-state index is -3.34. The van der Waals surface area contributed by atoms with E-state index in [0.29, 0.717) is 11.4 Å². The summed E-state index contributed by atoms with van der Waals surface area (Å²) in [6.07, 6.45) is 3.72. The van der Waals surface area contributed by atoms with Crippen LogP contribution in [0.4, 0.5) is 18.9 Å². The van der Waals surface area contributed by atoms with Gasteiger partial charge in [0.1, 0.15) is 5.82 Å². The highest BCUT2D eigenvalue weighted by Gasteiger charge is 2.76. The smallest absolute Gasteiger partial charge is 0.289 e. The molecule has 0 spiro atoms. The molecule has 7 nitrogen and oxygen atoms in total. The van der Waals surface area contributed by atoms with E-state index in [1.807, 2.05) is 0 Å². The molecule has 1 saturated carbocycles. The maximum absolute atomic E-state index is 14.3. The number of benzene rings is 1. The van der Waals surface area contributed by atoms with Gasteiger partial charge in [-0.3, -0.25) is 4.79 Å². The summed E-state index contributed by atoms with van der Waals surface area (Å²) in [4.78, 5) is 22.5. The number of piperidine rings is 1. The Morgan fingerprint density at radius 3 is 2.74 bits per heavy atom. The predicted molar refractivity (Wildman–Crippen MR) is 121 cm³/mol. The summed E-state index contributed by atoms with van der Waals surface area (Å²) in [5.74, 6) is -6.26. The van der Waals surface area contributed by atoms with E-state index in [0.717, 1.165) is 11.7 Å². The summed E-state index contributed by atoms with van der Waals surface area (Å²) in [6.45, 7) is 3.22. The number of anilines is 1. The van der Waals surface area contributed by atoms with Crippen molar-refractivity contribution in [1.82, 2.24) is 15.3 Å². The zero-order valence-corrected chi connectivity index (χ0v) is 20.0. The van der Waals surface area contributed by atoms with Crippen molar-refractivity contribution in [3.63, 3.8) is 0 Å². The summed E-state index contributed by atoms with van der Waals surface area (Å²) < 4.78 is 65.2. The fraction of sp³-hybridized carbons (Fsp3) is 0.409. The Morgan fingerprint density at radius 2 is 2.09 bits per heavy atom. The van der Waals surface area contributed by atoms with Crippen LogP contribution >= 0.6 is 11.6 Å². The molecule has 0 unspecified atom stereocenters. The van der Waals surface area contributed by atoms with Crippen molar-refractivity contribution in [2.24, 2.45) is 11.8 Å². The van der Waals surface area contributed by atoms with Gasteiger partial charge in [-0.1, -0.05) is 29.8 Å². The van der Waals surface area contributed by atoms with Crippen LogP contribution < -0.4 is 10.2 Å². The number of carbonyl (C=O) groups is 1. The summed E-state index contributed by atoms with van der Waals surface area (Å²) >= 11 is 6.14. The third-order valence-corrected chi connectivity index (χ3v) is 7.12. The highest BCUT2D eigenvalue weighted by atomic mass is 35.5. The lowest BCUT2D eigenvalue weighted by Gasteiger charge is -2.32. The lowest BCUT2D eigenvalue weighted by Crippen LogP contribution is -2.34. The molecule has 182 valence electrons. The van der Waals surface area contributed by atoms with Crippen LogP contribution in [0.5, 0.6) is 0 Å². The molecule has 34 heavy (non-hydrogen) atoms. The third kappa shape index (κ3) is 4.50. The van der Waals surface area contributed by atoms with E-state index in [2.05, 4.69) is 15.3 Å². The largest absolute Gasteiger partial charge is 0.361 e. The molecule has 2 aromatic rings. The quantitative estimate of drug-likeness (QED) is 0.632. The highest BCUT2D eigenvalue weighted by molar-refractivity contribution is 7.93. The van der Waals surface area contributed by atoms with Crippen molar-refractivity contribution in [1.29, 1.82) is 0 Å². The number of aromatic nitrogens is 2. The van der Waals surface area contributed by atoms with E-state index >= 15 is 0 Å². The van der Waals surface area contributed by atoms with Gasteiger partial charge in [0.25, 0.3) is 11.8 Å². The van der Waals surface area contributed by atoms with Gasteiger partial charge in [-0.05, 0) is 25.5 Å². The van der Waals surface area contributed by atoms with Crippen molar-refractivity contribution in [2.45, 2.75) is 31.9 Å². The molecule has 1 aliphatic heterocycles. The number of rotatable bonds is 6. The molecule has 2 aliphatic rings. The number of nitrogens with zero attached hydrogens (tertiary/aromatic N) is 3. The first-order valence-corrected chi connectivity index (χ1v) is 12.8. The molecule has 1 aromatic heterocycles. The number of sulfone groups is 1. The van der Waals surface area contributed by atoms with Crippen LogP contribution in [0.3, 0.4) is 0 Å². The molecule has 1 aliphatic carbocycles. The molecular formula is C22H22ClF3N4O3S. The van der Waals surface area contributed by atoms with Gasteiger partial charge in [0, 0.05) is 24.3 Å². The Balaban J connectivity index is 1.59. The Bertz CT molecular complexity index is 1290. The standard InChI is InChI=1S/C22H22ClF3N4O3S/c1-11(7-8-34(3,32)33)28-21(31)20-27-9-16(12(2)29-20)30-10-14-17(22(14,25)26)19(30)13-5-4-6-15(24)18(13)23/h4-9,11,14,17,19H,10H2,1-3H3,(H,28,31)/b8-7+/t11-,14+,17+,19+/m1/s1. The Labute approximate surface area is 200 Å². The van der Waals surface area contributed by atoms with Crippen molar-refractivity contribution in [3.8, 4) is 0 Å². The first-order chi connectivity index (χ1) is 15.8. The van der Waals surface area contributed by atoms with E-state index in [4.69, 9.17) is 11.6 Å². The van der Waals surface area contributed by atoms with Crippen LogP contribution in [-0.2, 0) is 9.84 Å². The van der Waals surface area contributed by atoms with Crippen molar-refractivity contribution in [3.05, 3.63) is 63.8 Å². The number of alkyl halides is 2. The van der Waals surface area contributed by atoms with E-state index in [9.17, 15) is 26.4 Å².